The molecule has 1 aliphatic carbocycles. The molecule has 3 N–H and O–H groups in total. The number of carbonyl (C=O) groups excluding carboxylic acids is 3. The Kier molecular flexibility index (Phi) is 7.54. The van der Waals surface area contributed by atoms with E-state index in [1.807, 2.05) is 6.92 Å². The number of aliphatic hydroxyl groups excluding tert-OH is 1. The molecule has 4 aliphatic rings. The van der Waals surface area contributed by atoms with Gasteiger partial charge in [0, 0.05) is 36.1 Å². The van der Waals surface area contributed by atoms with Crippen molar-refractivity contribution in [3.05, 3.63) is 10.6 Å². The van der Waals surface area contributed by atoms with Crippen LogP contribution in [0.1, 0.15) is 52.9 Å². The number of esters is 2. The van der Waals surface area contributed by atoms with Gasteiger partial charge in [0.05, 0.1) is 24.0 Å². The second-order valence-electron chi connectivity index (χ2n) is 9.81. The molecule has 0 aromatic carbocycles. The molecule has 3 fully saturated rings. The summed E-state index contributed by atoms with van der Waals surface area (Å²) >= 11 is 1.32. The van der Waals surface area contributed by atoms with Crippen LogP contribution in [0.2, 0.25) is 0 Å². The van der Waals surface area contributed by atoms with Gasteiger partial charge in [0.2, 0.25) is 12.2 Å². The fourth-order valence-corrected chi connectivity index (χ4v) is 7.84. The molecule has 3 aliphatic heterocycles. The molecular weight excluding hydrogens is 498 g/mol. The Labute approximate surface area is 209 Å². The molecule has 4 rings (SSSR count). The third-order valence-electron chi connectivity index (χ3n) is 7.26. The van der Waals surface area contributed by atoms with Crippen molar-refractivity contribution >= 4 is 39.8 Å². The number of fused-ring (bicyclic) bond motifs is 1. The lowest BCUT2D eigenvalue weighted by Crippen LogP contribution is -2.63. The predicted molar refractivity (Wildman–Crippen MR) is 126 cm³/mol. The van der Waals surface area contributed by atoms with Crippen molar-refractivity contribution in [3.63, 3.8) is 0 Å². The monoisotopic (exact) mass is 531 g/mol. The maximum atomic E-state index is 13.2. The Morgan fingerprint density at radius 2 is 1.77 bits per heavy atom. The van der Waals surface area contributed by atoms with Gasteiger partial charge in [0.1, 0.15) is 5.70 Å². The van der Waals surface area contributed by atoms with Crippen LogP contribution in [0.5, 0.6) is 0 Å². The fraction of sp³-hybridized carbons (Fsp3) is 0.773. The van der Waals surface area contributed by atoms with Crippen LogP contribution in [0.4, 0.5) is 0 Å². The first-order valence-corrected chi connectivity index (χ1v) is 14.4. The summed E-state index contributed by atoms with van der Waals surface area (Å²) in [5.74, 6) is -2.65. The number of hydrogen-bond acceptors (Lipinski definition) is 9. The largest absolute Gasteiger partial charge is 0.425 e. The minimum absolute atomic E-state index is 0.0732. The van der Waals surface area contributed by atoms with E-state index in [0.717, 1.165) is 36.4 Å². The second kappa shape index (κ2) is 10.0. The van der Waals surface area contributed by atoms with E-state index in [4.69, 9.17) is 14.6 Å². The Morgan fingerprint density at radius 1 is 1.14 bits per heavy atom. The van der Waals surface area contributed by atoms with Crippen molar-refractivity contribution < 1.29 is 37.4 Å². The number of nitrogens with two attached hydrogens (primary N) is 1. The van der Waals surface area contributed by atoms with Crippen LogP contribution in [-0.2, 0) is 34.1 Å². The maximum absolute atomic E-state index is 13.2. The van der Waals surface area contributed by atoms with Gasteiger partial charge in [0.15, 0.2) is 0 Å². The van der Waals surface area contributed by atoms with Gasteiger partial charge in [-0.05, 0) is 19.8 Å². The number of β-lactam (4-membered cyclic amide) rings is 1. The van der Waals surface area contributed by atoms with Crippen LogP contribution in [0.3, 0.4) is 0 Å². The van der Waals surface area contributed by atoms with Crippen LogP contribution in [-0.4, -0.2) is 77.4 Å². The molecular formula is C22H33N3O8S2. The number of thioether (sulfide) groups is 1. The summed E-state index contributed by atoms with van der Waals surface area (Å²) in [5, 5.41) is 15.1. The molecule has 0 aromatic rings. The Balaban J connectivity index is 1.48. The van der Waals surface area contributed by atoms with Crippen LogP contribution >= 0.6 is 11.8 Å². The molecule has 0 radical (unpaired) electrons. The zero-order valence-electron chi connectivity index (χ0n) is 20.1. The van der Waals surface area contributed by atoms with Crippen LogP contribution in [0, 0.1) is 17.8 Å². The Bertz CT molecular complexity index is 1020. The molecule has 196 valence electrons. The number of amides is 1. The van der Waals surface area contributed by atoms with E-state index < -0.39 is 46.5 Å². The van der Waals surface area contributed by atoms with Gasteiger partial charge in [-0.15, -0.1) is 11.8 Å². The first kappa shape index (κ1) is 26.4. The first-order valence-electron chi connectivity index (χ1n) is 12.0. The highest BCUT2D eigenvalue weighted by Gasteiger charge is 2.60. The van der Waals surface area contributed by atoms with Gasteiger partial charge in [-0.2, -0.15) is 12.7 Å². The average Bonchev–Trinajstić information content (AvgIpc) is 2.97. The summed E-state index contributed by atoms with van der Waals surface area (Å²) in [5.41, 5.74) is 0.0732. The molecule has 5 atom stereocenters. The topological polar surface area (TPSA) is 157 Å². The minimum Gasteiger partial charge on any atom is -0.425 e. The quantitative estimate of drug-likeness (QED) is 0.261. The van der Waals surface area contributed by atoms with Gasteiger partial charge in [-0.1, -0.05) is 26.2 Å². The van der Waals surface area contributed by atoms with E-state index in [9.17, 15) is 27.9 Å². The zero-order chi connectivity index (χ0) is 25.7. The van der Waals surface area contributed by atoms with Gasteiger partial charge >= 0.3 is 11.9 Å². The maximum Gasteiger partial charge on any atom is 0.358 e. The third-order valence-corrected chi connectivity index (χ3v) is 9.73. The van der Waals surface area contributed by atoms with E-state index in [1.165, 1.54) is 23.6 Å². The highest BCUT2D eigenvalue weighted by atomic mass is 32.2. The van der Waals surface area contributed by atoms with Crippen LogP contribution < -0.4 is 5.14 Å². The molecule has 3 heterocycles. The SMILES string of the molecule is CC(OC(=O)C1=C(SC2CN(S(N)(=O)=O)C2)[C@H](C)[C@@H]2[C@@H]([C@@H](C)O)C(=O)N12)OC(=O)C1CCCCC1. The molecule has 1 saturated carbocycles. The normalized spacial score (nSPS) is 29.8. The van der Waals surface area contributed by atoms with E-state index in [0.29, 0.717) is 4.91 Å². The van der Waals surface area contributed by atoms with Crippen LogP contribution in [0.15, 0.2) is 10.6 Å². The Hall–Kier alpha value is -1.67. The summed E-state index contributed by atoms with van der Waals surface area (Å²) in [6, 6.07) is -0.401. The van der Waals surface area contributed by atoms with E-state index in [-0.39, 0.29) is 41.8 Å². The fourth-order valence-electron chi connectivity index (χ4n) is 5.36. The van der Waals surface area contributed by atoms with Crippen molar-refractivity contribution in [2.45, 2.75) is 76.6 Å². The van der Waals surface area contributed by atoms with Crippen molar-refractivity contribution in [2.24, 2.45) is 22.9 Å². The van der Waals surface area contributed by atoms with Gasteiger partial charge in [0.25, 0.3) is 10.2 Å². The summed E-state index contributed by atoms with van der Waals surface area (Å²) in [6.07, 6.45) is 2.52. The highest BCUT2D eigenvalue weighted by Crippen LogP contribution is 2.52. The molecule has 1 unspecified atom stereocenters. The lowest BCUT2D eigenvalue weighted by molar-refractivity contribution is -0.188. The molecule has 35 heavy (non-hydrogen) atoms. The van der Waals surface area contributed by atoms with Crippen molar-refractivity contribution in [3.8, 4) is 0 Å². The zero-order valence-corrected chi connectivity index (χ0v) is 21.7. The summed E-state index contributed by atoms with van der Waals surface area (Å²) < 4.78 is 35.0. The number of carbonyl (C=O) groups is 3. The summed E-state index contributed by atoms with van der Waals surface area (Å²) in [6.45, 7) is 5.25. The van der Waals surface area contributed by atoms with E-state index in [2.05, 4.69) is 0 Å². The smallest absolute Gasteiger partial charge is 0.358 e. The van der Waals surface area contributed by atoms with Crippen LogP contribution in [0.25, 0.3) is 0 Å². The third kappa shape index (κ3) is 5.10. The van der Waals surface area contributed by atoms with Gasteiger partial charge < -0.3 is 19.5 Å². The molecule has 2 saturated heterocycles. The molecule has 0 bridgehead atoms. The van der Waals surface area contributed by atoms with Gasteiger partial charge in [-0.25, -0.2) is 9.93 Å². The highest BCUT2D eigenvalue weighted by molar-refractivity contribution is 8.04. The first-order chi connectivity index (χ1) is 16.4. The van der Waals surface area contributed by atoms with Crippen molar-refractivity contribution in [1.29, 1.82) is 0 Å². The number of nitrogens with zero attached hydrogens (tertiary/aromatic N) is 2. The van der Waals surface area contributed by atoms with Crippen molar-refractivity contribution in [1.82, 2.24) is 9.21 Å². The van der Waals surface area contributed by atoms with Crippen molar-refractivity contribution in [2.75, 3.05) is 13.1 Å². The van der Waals surface area contributed by atoms with E-state index >= 15 is 0 Å². The molecule has 13 heteroatoms. The number of ether oxygens (including phenoxy) is 2. The molecule has 11 nitrogen and oxygen atoms in total. The lowest BCUT2D eigenvalue weighted by atomic mass is 9.79. The second-order valence-corrected chi connectivity index (χ2v) is 12.7. The molecule has 0 spiro atoms. The Morgan fingerprint density at radius 3 is 2.34 bits per heavy atom. The predicted octanol–water partition coefficient (Wildman–Crippen LogP) is 0.689. The molecule has 1 amide bonds. The number of hydrogen-bond donors (Lipinski definition) is 2. The number of aliphatic hydroxyl groups is 1. The average molecular weight is 532 g/mol. The number of rotatable bonds is 8. The standard InChI is InChI=1S/C22H33N3O8S2/c1-11-17-16(12(2)26)20(27)25(17)18(19(11)34-15-9-24(10-15)35(23,30)31)22(29)33-13(3)32-21(28)14-7-5-4-6-8-14/h11-17,26H,4-10H2,1-3H3,(H2,23,30,31)/t11-,12-,13?,16-,17-/m1/s1. The summed E-state index contributed by atoms with van der Waals surface area (Å²) in [4.78, 5) is 40.5. The summed E-state index contributed by atoms with van der Waals surface area (Å²) in [7, 11) is -3.78. The van der Waals surface area contributed by atoms with E-state index in [1.54, 1.807) is 6.92 Å². The molecule has 0 aromatic heterocycles. The van der Waals surface area contributed by atoms with Gasteiger partial charge in [-0.3, -0.25) is 9.59 Å². The lowest BCUT2D eigenvalue weighted by Gasteiger charge is -2.46. The minimum atomic E-state index is -3.78.